The van der Waals surface area contributed by atoms with Crippen LogP contribution < -0.4 is 11.5 Å². The highest BCUT2D eigenvalue weighted by Gasteiger charge is 2.32. The number of anilines is 2. The molecule has 1 aromatic heterocycles. The normalized spacial score (nSPS) is 11.2. The van der Waals surface area contributed by atoms with Gasteiger partial charge in [0.25, 0.3) is 0 Å². The van der Waals surface area contributed by atoms with Gasteiger partial charge in [-0.3, -0.25) is 4.79 Å². The second kappa shape index (κ2) is 5.47. The van der Waals surface area contributed by atoms with Gasteiger partial charge in [-0.15, -0.1) is 0 Å². The van der Waals surface area contributed by atoms with E-state index >= 15 is 0 Å². The highest BCUT2D eigenvalue weighted by molar-refractivity contribution is 5.96. The van der Waals surface area contributed by atoms with Gasteiger partial charge in [0.2, 0.25) is 0 Å². The average Bonchev–Trinajstić information content (AvgIpc) is 2.46. The van der Waals surface area contributed by atoms with Gasteiger partial charge in [0, 0.05) is 29.2 Å². The van der Waals surface area contributed by atoms with E-state index in [1.165, 1.54) is 12.3 Å². The number of hydrogen-bond donors (Lipinski definition) is 3. The standard InChI is InChI=1S/C14H11F3N4O/c15-14(16,17)9-2-10(11(4-18)12(19)3-9)7-1-8(6-22)13(20)21-5-7/h1-6,18H,19H2,(H2,20,21). The van der Waals surface area contributed by atoms with Gasteiger partial charge in [-0.2, -0.15) is 13.2 Å². The Labute approximate surface area is 123 Å². The number of aldehydes is 1. The Morgan fingerprint density at radius 2 is 1.86 bits per heavy atom. The van der Waals surface area contributed by atoms with E-state index in [0.29, 0.717) is 6.29 Å². The van der Waals surface area contributed by atoms with Crippen molar-refractivity contribution in [2.75, 3.05) is 11.5 Å². The lowest BCUT2D eigenvalue weighted by Gasteiger charge is -2.14. The second-order valence-corrected chi connectivity index (χ2v) is 4.49. The Morgan fingerprint density at radius 3 is 2.41 bits per heavy atom. The molecule has 1 aromatic carbocycles. The number of alkyl halides is 3. The second-order valence-electron chi connectivity index (χ2n) is 4.49. The largest absolute Gasteiger partial charge is 0.416 e. The monoisotopic (exact) mass is 308 g/mol. The number of nitrogens with one attached hydrogen (secondary N) is 1. The summed E-state index contributed by atoms with van der Waals surface area (Å²) in [7, 11) is 0. The summed E-state index contributed by atoms with van der Waals surface area (Å²) < 4.78 is 38.7. The molecule has 0 spiro atoms. The Hall–Kier alpha value is -2.90. The van der Waals surface area contributed by atoms with Crippen LogP contribution in [0.3, 0.4) is 0 Å². The Bertz CT molecular complexity index is 756. The van der Waals surface area contributed by atoms with Crippen molar-refractivity contribution in [2.45, 2.75) is 6.18 Å². The molecule has 22 heavy (non-hydrogen) atoms. The van der Waals surface area contributed by atoms with Crippen LogP contribution >= 0.6 is 0 Å². The fraction of sp³-hybridized carbons (Fsp3) is 0.0714. The first-order valence-electron chi connectivity index (χ1n) is 6.00. The Kier molecular flexibility index (Phi) is 3.85. The maximum Gasteiger partial charge on any atom is 0.416 e. The van der Waals surface area contributed by atoms with E-state index in [4.69, 9.17) is 16.9 Å². The van der Waals surface area contributed by atoms with Crippen molar-refractivity contribution in [1.82, 2.24) is 4.98 Å². The lowest BCUT2D eigenvalue weighted by Crippen LogP contribution is -2.08. The van der Waals surface area contributed by atoms with Crippen molar-refractivity contribution in [1.29, 1.82) is 5.41 Å². The van der Waals surface area contributed by atoms with Gasteiger partial charge in [-0.25, -0.2) is 4.98 Å². The minimum absolute atomic E-state index is 0.0323. The van der Waals surface area contributed by atoms with E-state index < -0.39 is 11.7 Å². The molecule has 0 amide bonds. The molecule has 5 N–H and O–H groups in total. The van der Waals surface area contributed by atoms with Crippen LogP contribution in [0.5, 0.6) is 0 Å². The maximum absolute atomic E-state index is 12.9. The summed E-state index contributed by atoms with van der Waals surface area (Å²) in [6.45, 7) is 0. The summed E-state index contributed by atoms with van der Waals surface area (Å²) in [5, 5.41) is 7.34. The van der Waals surface area contributed by atoms with Crippen LogP contribution in [0.25, 0.3) is 11.1 Å². The molecule has 8 heteroatoms. The smallest absolute Gasteiger partial charge is 0.398 e. The summed E-state index contributed by atoms with van der Waals surface area (Å²) in [5.41, 5.74) is 10.4. The number of carbonyl (C=O) groups is 1. The average molecular weight is 308 g/mol. The third-order valence-electron chi connectivity index (χ3n) is 3.07. The molecular formula is C14H11F3N4O. The summed E-state index contributed by atoms with van der Waals surface area (Å²) in [6, 6.07) is 2.92. The molecule has 0 aliphatic carbocycles. The van der Waals surface area contributed by atoms with Gasteiger partial charge in [0.1, 0.15) is 5.82 Å². The SMILES string of the molecule is N=Cc1c(N)cc(C(F)(F)F)cc1-c1cnc(N)c(C=O)c1. The number of carbonyl (C=O) groups excluding carboxylic acids is 1. The van der Waals surface area contributed by atoms with E-state index in [2.05, 4.69) is 4.98 Å². The lowest BCUT2D eigenvalue weighted by molar-refractivity contribution is -0.137. The van der Waals surface area contributed by atoms with E-state index in [1.54, 1.807) is 0 Å². The van der Waals surface area contributed by atoms with Crippen LogP contribution in [0.1, 0.15) is 21.5 Å². The molecule has 0 atom stereocenters. The molecule has 0 bridgehead atoms. The first-order chi connectivity index (χ1) is 10.3. The van der Waals surface area contributed by atoms with Crippen LogP contribution in [-0.4, -0.2) is 17.5 Å². The van der Waals surface area contributed by atoms with Crippen LogP contribution in [-0.2, 0) is 6.18 Å². The van der Waals surface area contributed by atoms with Gasteiger partial charge in [-0.1, -0.05) is 0 Å². The molecule has 1 heterocycles. The highest BCUT2D eigenvalue weighted by Crippen LogP contribution is 2.36. The Balaban J connectivity index is 2.75. The topological polar surface area (TPSA) is 106 Å². The zero-order valence-electron chi connectivity index (χ0n) is 11.1. The minimum Gasteiger partial charge on any atom is -0.398 e. The van der Waals surface area contributed by atoms with E-state index in [0.717, 1.165) is 18.3 Å². The fourth-order valence-electron chi connectivity index (χ4n) is 1.97. The molecule has 0 radical (unpaired) electrons. The molecule has 0 saturated heterocycles. The van der Waals surface area contributed by atoms with Crippen LogP contribution in [0.4, 0.5) is 24.7 Å². The number of pyridine rings is 1. The molecule has 0 aliphatic heterocycles. The first-order valence-corrected chi connectivity index (χ1v) is 6.00. The summed E-state index contributed by atoms with van der Waals surface area (Å²) in [6.07, 6.45) is -2.06. The number of aromatic nitrogens is 1. The lowest BCUT2D eigenvalue weighted by atomic mass is 9.96. The van der Waals surface area contributed by atoms with E-state index in [9.17, 15) is 18.0 Å². The minimum atomic E-state index is -4.59. The molecule has 5 nitrogen and oxygen atoms in total. The molecule has 0 saturated carbocycles. The predicted octanol–water partition coefficient (Wildman–Crippen LogP) is 2.74. The van der Waals surface area contributed by atoms with Crippen LogP contribution in [0.15, 0.2) is 24.4 Å². The van der Waals surface area contributed by atoms with E-state index in [-0.39, 0.29) is 33.8 Å². The maximum atomic E-state index is 12.9. The van der Waals surface area contributed by atoms with Crippen LogP contribution in [0.2, 0.25) is 0 Å². The number of benzene rings is 1. The van der Waals surface area contributed by atoms with Gasteiger partial charge in [-0.05, 0) is 23.8 Å². The van der Waals surface area contributed by atoms with Crippen molar-refractivity contribution in [3.8, 4) is 11.1 Å². The molecule has 2 rings (SSSR count). The number of hydrogen-bond acceptors (Lipinski definition) is 5. The van der Waals surface area contributed by atoms with Gasteiger partial charge < -0.3 is 16.9 Å². The number of nitrogen functional groups attached to an aromatic ring is 2. The van der Waals surface area contributed by atoms with Crippen molar-refractivity contribution in [3.05, 3.63) is 41.1 Å². The quantitative estimate of drug-likeness (QED) is 0.460. The zero-order chi connectivity index (χ0) is 16.5. The summed E-state index contributed by atoms with van der Waals surface area (Å²) in [5.74, 6) is -0.0323. The van der Waals surface area contributed by atoms with Gasteiger partial charge in [0.15, 0.2) is 6.29 Å². The third-order valence-corrected chi connectivity index (χ3v) is 3.07. The van der Waals surface area contributed by atoms with Gasteiger partial charge >= 0.3 is 6.18 Å². The summed E-state index contributed by atoms with van der Waals surface area (Å²) in [4.78, 5) is 14.7. The molecule has 114 valence electrons. The van der Waals surface area contributed by atoms with E-state index in [1.807, 2.05) is 0 Å². The first kappa shape index (κ1) is 15.5. The van der Waals surface area contributed by atoms with Crippen molar-refractivity contribution < 1.29 is 18.0 Å². The van der Waals surface area contributed by atoms with Crippen LogP contribution in [0, 0.1) is 5.41 Å². The Morgan fingerprint density at radius 1 is 1.18 bits per heavy atom. The van der Waals surface area contributed by atoms with Crippen molar-refractivity contribution in [2.24, 2.45) is 0 Å². The third kappa shape index (κ3) is 2.76. The number of nitrogens with zero attached hydrogens (tertiary/aromatic N) is 1. The zero-order valence-corrected chi connectivity index (χ0v) is 11.1. The number of rotatable bonds is 3. The fourth-order valence-corrected chi connectivity index (χ4v) is 1.97. The summed E-state index contributed by atoms with van der Waals surface area (Å²) >= 11 is 0. The molecule has 0 aliphatic rings. The molecule has 2 aromatic rings. The molecule has 0 fully saturated rings. The van der Waals surface area contributed by atoms with Crippen molar-refractivity contribution >= 4 is 24.0 Å². The number of nitrogens with two attached hydrogens (primary N) is 2. The molecular weight excluding hydrogens is 297 g/mol. The number of halogens is 3. The molecule has 0 unspecified atom stereocenters. The highest BCUT2D eigenvalue weighted by atomic mass is 19.4. The predicted molar refractivity (Wildman–Crippen MR) is 76.8 cm³/mol. The van der Waals surface area contributed by atoms with Gasteiger partial charge in [0.05, 0.1) is 11.1 Å². The van der Waals surface area contributed by atoms with Crippen molar-refractivity contribution in [3.63, 3.8) is 0 Å².